The van der Waals surface area contributed by atoms with Crippen molar-refractivity contribution < 1.29 is 18.8 Å². The Kier molecular flexibility index (Phi) is 5.52. The lowest BCUT2D eigenvalue weighted by molar-refractivity contribution is -0.386. The summed E-state index contributed by atoms with van der Waals surface area (Å²) in [7, 11) is 0. The van der Waals surface area contributed by atoms with Gasteiger partial charge in [0, 0.05) is 12.8 Å². The number of ether oxygens (including phenoxy) is 2. The van der Waals surface area contributed by atoms with Gasteiger partial charge in [-0.2, -0.15) is 10.1 Å². The van der Waals surface area contributed by atoms with Gasteiger partial charge >= 0.3 is 11.6 Å². The molecule has 0 aromatic carbocycles. The minimum absolute atomic E-state index is 0.0375. The van der Waals surface area contributed by atoms with Crippen molar-refractivity contribution in [2.45, 2.75) is 45.4 Å². The summed E-state index contributed by atoms with van der Waals surface area (Å²) < 4.78 is 28.8. The van der Waals surface area contributed by atoms with E-state index in [4.69, 9.17) is 21.1 Å². The molecule has 1 aliphatic heterocycles. The van der Waals surface area contributed by atoms with Gasteiger partial charge in [-0.1, -0.05) is 0 Å². The van der Waals surface area contributed by atoms with Gasteiger partial charge in [-0.3, -0.25) is 14.8 Å². The Balaban J connectivity index is 1.58. The molecule has 31 heavy (non-hydrogen) atoms. The average Bonchev–Trinajstić information content (AvgIpc) is 3.18. The zero-order valence-electron chi connectivity index (χ0n) is 17.2. The Morgan fingerprint density at radius 3 is 2.94 bits per heavy atom. The summed E-state index contributed by atoms with van der Waals surface area (Å²) in [6.07, 6.45) is 1.94. The molecule has 2 unspecified atom stereocenters. The molecule has 4 rings (SSSR count). The SMILES string of the molecule is Cc1nn(CCOc2nn(C3CCOCC3(C)F)c(C)c2[N+](=O)[O-])c2nc(Cl)ncc12. The van der Waals surface area contributed by atoms with E-state index in [1.165, 1.54) is 18.5 Å². The van der Waals surface area contributed by atoms with Crippen molar-refractivity contribution in [3.05, 3.63) is 33.0 Å². The van der Waals surface area contributed by atoms with E-state index < -0.39 is 16.6 Å². The second kappa shape index (κ2) is 8.00. The fourth-order valence-corrected chi connectivity index (χ4v) is 3.94. The Bertz CT molecular complexity index is 1150. The maximum absolute atomic E-state index is 15.0. The monoisotopic (exact) mass is 453 g/mol. The van der Waals surface area contributed by atoms with E-state index in [1.54, 1.807) is 10.9 Å². The molecule has 0 aliphatic carbocycles. The van der Waals surface area contributed by atoms with Gasteiger partial charge in [0.05, 0.1) is 35.2 Å². The van der Waals surface area contributed by atoms with E-state index in [1.807, 2.05) is 6.92 Å². The largest absolute Gasteiger partial charge is 0.470 e. The van der Waals surface area contributed by atoms with Crippen molar-refractivity contribution in [1.29, 1.82) is 0 Å². The first-order valence-corrected chi connectivity index (χ1v) is 10.1. The van der Waals surface area contributed by atoms with Crippen LogP contribution >= 0.6 is 11.6 Å². The molecule has 13 heteroatoms. The van der Waals surface area contributed by atoms with Crippen molar-refractivity contribution in [3.8, 4) is 5.88 Å². The van der Waals surface area contributed by atoms with E-state index in [2.05, 4.69) is 20.2 Å². The third-order valence-corrected chi connectivity index (χ3v) is 5.55. The highest BCUT2D eigenvalue weighted by Crippen LogP contribution is 2.39. The Morgan fingerprint density at radius 1 is 1.45 bits per heavy atom. The molecule has 1 aliphatic rings. The van der Waals surface area contributed by atoms with Crippen LogP contribution in [0.15, 0.2) is 6.20 Å². The molecule has 0 spiro atoms. The zero-order valence-corrected chi connectivity index (χ0v) is 18.0. The molecule has 1 fully saturated rings. The molecular weight excluding hydrogens is 433 g/mol. The standard InChI is InChI=1S/C18H21ClFN7O4/c1-10-12-8-21-17(19)22-15(12)25(23-10)5-7-31-16-14(27(28)29)11(2)26(24-16)13-4-6-30-9-18(13,3)20/h8,13H,4-7,9H2,1-3H3. The predicted octanol–water partition coefficient (Wildman–Crippen LogP) is 2.97. The molecule has 166 valence electrons. The second-order valence-electron chi connectivity index (χ2n) is 7.61. The number of nitro groups is 1. The van der Waals surface area contributed by atoms with Gasteiger partial charge in [-0.05, 0) is 38.8 Å². The van der Waals surface area contributed by atoms with Crippen molar-refractivity contribution in [2.24, 2.45) is 0 Å². The van der Waals surface area contributed by atoms with Crippen molar-refractivity contribution in [2.75, 3.05) is 19.8 Å². The van der Waals surface area contributed by atoms with Gasteiger partial charge in [-0.25, -0.2) is 14.1 Å². The summed E-state index contributed by atoms with van der Waals surface area (Å²) in [5.74, 6) is -0.161. The van der Waals surface area contributed by atoms with Crippen molar-refractivity contribution in [3.63, 3.8) is 0 Å². The van der Waals surface area contributed by atoms with Gasteiger partial charge in [0.2, 0.25) is 5.28 Å². The van der Waals surface area contributed by atoms with Gasteiger partial charge in [0.15, 0.2) is 11.3 Å². The molecule has 0 bridgehead atoms. The molecule has 3 aromatic heterocycles. The maximum atomic E-state index is 15.0. The van der Waals surface area contributed by atoms with Gasteiger partial charge < -0.3 is 9.47 Å². The Morgan fingerprint density at radius 2 is 2.23 bits per heavy atom. The molecule has 3 aromatic rings. The average molecular weight is 454 g/mol. The number of alkyl halides is 1. The third kappa shape index (κ3) is 3.92. The number of halogens is 2. The highest BCUT2D eigenvalue weighted by atomic mass is 35.5. The number of hydrogen-bond donors (Lipinski definition) is 0. The van der Waals surface area contributed by atoms with Crippen LogP contribution in [0.2, 0.25) is 5.28 Å². The first-order valence-electron chi connectivity index (χ1n) is 9.67. The lowest BCUT2D eigenvalue weighted by Gasteiger charge is -2.35. The fourth-order valence-electron chi connectivity index (χ4n) is 3.81. The first kappa shape index (κ1) is 21.4. The van der Waals surface area contributed by atoms with Crippen LogP contribution in [0.3, 0.4) is 0 Å². The molecule has 11 nitrogen and oxygen atoms in total. The van der Waals surface area contributed by atoms with Crippen LogP contribution in [0.25, 0.3) is 11.0 Å². The van der Waals surface area contributed by atoms with Crippen LogP contribution in [0.4, 0.5) is 10.1 Å². The van der Waals surface area contributed by atoms with E-state index >= 15 is 0 Å². The summed E-state index contributed by atoms with van der Waals surface area (Å²) in [4.78, 5) is 19.2. The number of fused-ring (bicyclic) bond motifs is 1. The van der Waals surface area contributed by atoms with Crippen LogP contribution in [0, 0.1) is 24.0 Å². The maximum Gasteiger partial charge on any atom is 0.352 e. The summed E-state index contributed by atoms with van der Waals surface area (Å²) in [5.41, 5.74) is -0.498. The quantitative estimate of drug-likeness (QED) is 0.317. The minimum Gasteiger partial charge on any atom is -0.470 e. The van der Waals surface area contributed by atoms with Crippen molar-refractivity contribution in [1.82, 2.24) is 29.5 Å². The zero-order chi connectivity index (χ0) is 22.3. The highest BCUT2D eigenvalue weighted by molar-refractivity contribution is 6.28. The minimum atomic E-state index is -1.70. The van der Waals surface area contributed by atoms with E-state index in [-0.39, 0.29) is 42.3 Å². The van der Waals surface area contributed by atoms with Crippen LogP contribution in [0.1, 0.15) is 30.8 Å². The van der Waals surface area contributed by atoms with Crippen LogP contribution in [-0.4, -0.2) is 59.9 Å². The van der Waals surface area contributed by atoms with Crippen LogP contribution < -0.4 is 4.74 Å². The second-order valence-corrected chi connectivity index (χ2v) is 7.95. The molecule has 0 N–H and O–H groups in total. The summed E-state index contributed by atoms with van der Waals surface area (Å²) in [6, 6.07) is -0.686. The van der Waals surface area contributed by atoms with E-state index in [0.717, 1.165) is 11.1 Å². The summed E-state index contributed by atoms with van der Waals surface area (Å²) in [6.45, 7) is 5.29. The number of aromatic nitrogens is 6. The number of hydrogen-bond acceptors (Lipinski definition) is 8. The van der Waals surface area contributed by atoms with Crippen molar-refractivity contribution >= 4 is 28.3 Å². The van der Waals surface area contributed by atoms with E-state index in [9.17, 15) is 14.5 Å². The molecule has 0 radical (unpaired) electrons. The number of aryl methyl sites for hydroxylation is 1. The first-order chi connectivity index (χ1) is 14.7. The number of rotatable bonds is 6. The molecule has 2 atom stereocenters. The van der Waals surface area contributed by atoms with E-state index in [0.29, 0.717) is 18.7 Å². The molecule has 0 amide bonds. The fraction of sp³-hybridized carbons (Fsp3) is 0.556. The predicted molar refractivity (Wildman–Crippen MR) is 108 cm³/mol. The third-order valence-electron chi connectivity index (χ3n) is 5.37. The van der Waals surface area contributed by atoms with Crippen LogP contribution in [-0.2, 0) is 11.3 Å². The molecule has 0 saturated carbocycles. The summed E-state index contributed by atoms with van der Waals surface area (Å²) >= 11 is 5.88. The van der Waals surface area contributed by atoms with Crippen LogP contribution in [0.5, 0.6) is 5.88 Å². The van der Waals surface area contributed by atoms with Gasteiger partial charge in [-0.15, -0.1) is 5.10 Å². The smallest absolute Gasteiger partial charge is 0.352 e. The summed E-state index contributed by atoms with van der Waals surface area (Å²) in [5, 5.41) is 21.1. The lowest BCUT2D eigenvalue weighted by atomic mass is 9.94. The molecule has 4 heterocycles. The Hall–Kier alpha value is -2.86. The lowest BCUT2D eigenvalue weighted by Crippen LogP contribution is -2.42. The van der Waals surface area contributed by atoms with Gasteiger partial charge in [0.25, 0.3) is 0 Å². The highest BCUT2D eigenvalue weighted by Gasteiger charge is 2.42. The van der Waals surface area contributed by atoms with Gasteiger partial charge in [0.1, 0.15) is 12.3 Å². The normalized spacial score (nSPS) is 21.5. The Labute approximate surface area is 181 Å². The molecule has 1 saturated heterocycles. The topological polar surface area (TPSA) is 123 Å². The number of nitrogens with zero attached hydrogens (tertiary/aromatic N) is 7. The molecular formula is C18H21ClFN7O4.